The molecule has 0 N–H and O–H groups in total. The topological polar surface area (TPSA) is 44.1 Å². The third-order valence-corrected chi connectivity index (χ3v) is 1.40. The molecular formula is C9H12N2O2. The third kappa shape index (κ3) is 2.18. The minimum Gasteiger partial charge on any atom is -0.458 e. The van der Waals surface area contributed by atoms with E-state index in [2.05, 4.69) is 11.7 Å². The molecule has 0 spiro atoms. The highest BCUT2D eigenvalue weighted by Crippen LogP contribution is 2.03. The molecule has 4 nitrogen and oxygen atoms in total. The van der Waals surface area contributed by atoms with Crippen molar-refractivity contribution in [1.29, 1.82) is 0 Å². The SMILES string of the molecule is C=Cn1nccc1C(=O)OC(C)C. The molecule has 4 heteroatoms. The number of nitrogens with zero attached hydrogens (tertiary/aromatic N) is 2. The molecule has 0 aliphatic carbocycles. The predicted octanol–water partition coefficient (Wildman–Crippen LogP) is 1.55. The number of rotatable bonds is 3. The zero-order valence-electron chi connectivity index (χ0n) is 7.73. The van der Waals surface area contributed by atoms with Gasteiger partial charge in [0, 0.05) is 6.20 Å². The van der Waals surface area contributed by atoms with Crippen molar-refractivity contribution in [2.45, 2.75) is 20.0 Å². The van der Waals surface area contributed by atoms with Gasteiger partial charge in [0.1, 0.15) is 0 Å². The summed E-state index contributed by atoms with van der Waals surface area (Å²) in [7, 11) is 0. The fourth-order valence-corrected chi connectivity index (χ4v) is 0.896. The van der Waals surface area contributed by atoms with Crippen molar-refractivity contribution in [3.05, 3.63) is 24.5 Å². The summed E-state index contributed by atoms with van der Waals surface area (Å²) < 4.78 is 6.37. The van der Waals surface area contributed by atoms with E-state index < -0.39 is 0 Å². The lowest BCUT2D eigenvalue weighted by atomic mass is 10.4. The van der Waals surface area contributed by atoms with E-state index in [0.29, 0.717) is 5.69 Å². The fourth-order valence-electron chi connectivity index (χ4n) is 0.896. The third-order valence-electron chi connectivity index (χ3n) is 1.40. The Labute approximate surface area is 76.8 Å². The van der Waals surface area contributed by atoms with Crippen molar-refractivity contribution in [3.63, 3.8) is 0 Å². The van der Waals surface area contributed by atoms with Crippen molar-refractivity contribution < 1.29 is 9.53 Å². The maximum atomic E-state index is 11.4. The Morgan fingerprint density at radius 1 is 1.77 bits per heavy atom. The number of aromatic nitrogens is 2. The van der Waals surface area contributed by atoms with E-state index in [0.717, 1.165) is 0 Å². The molecule has 1 heterocycles. The van der Waals surface area contributed by atoms with Crippen LogP contribution in [0, 0.1) is 0 Å². The maximum absolute atomic E-state index is 11.4. The van der Waals surface area contributed by atoms with Crippen molar-refractivity contribution in [2.75, 3.05) is 0 Å². The largest absolute Gasteiger partial charge is 0.458 e. The summed E-state index contributed by atoms with van der Waals surface area (Å²) in [6.07, 6.45) is 2.86. The van der Waals surface area contributed by atoms with E-state index >= 15 is 0 Å². The average molecular weight is 180 g/mol. The van der Waals surface area contributed by atoms with Gasteiger partial charge in [-0.3, -0.25) is 0 Å². The standard InChI is InChI=1S/C9H12N2O2/c1-4-11-8(5-6-10-11)9(12)13-7(2)3/h4-7H,1H2,2-3H3. The summed E-state index contributed by atoms with van der Waals surface area (Å²) in [5, 5.41) is 3.86. The molecule has 0 saturated heterocycles. The van der Waals surface area contributed by atoms with Gasteiger partial charge in [-0.15, -0.1) is 0 Å². The number of esters is 1. The second kappa shape index (κ2) is 3.89. The first-order valence-electron chi connectivity index (χ1n) is 4.02. The van der Waals surface area contributed by atoms with Crippen LogP contribution >= 0.6 is 0 Å². The van der Waals surface area contributed by atoms with E-state index in [1.165, 1.54) is 17.1 Å². The van der Waals surface area contributed by atoms with Crippen LogP contribution in [0.15, 0.2) is 18.8 Å². The molecule has 0 fully saturated rings. The number of carbonyl (C=O) groups is 1. The number of carbonyl (C=O) groups excluding carboxylic acids is 1. The first kappa shape index (κ1) is 9.51. The maximum Gasteiger partial charge on any atom is 0.357 e. The monoisotopic (exact) mass is 180 g/mol. The molecule has 1 rings (SSSR count). The van der Waals surface area contributed by atoms with Crippen LogP contribution < -0.4 is 0 Å². The van der Waals surface area contributed by atoms with Crippen molar-refractivity contribution in [1.82, 2.24) is 9.78 Å². The number of ether oxygens (including phenoxy) is 1. The lowest BCUT2D eigenvalue weighted by Crippen LogP contribution is -2.14. The Bertz CT molecular complexity index is 315. The van der Waals surface area contributed by atoms with Gasteiger partial charge >= 0.3 is 5.97 Å². The Morgan fingerprint density at radius 2 is 2.46 bits per heavy atom. The van der Waals surface area contributed by atoms with Gasteiger partial charge in [0.15, 0.2) is 5.69 Å². The molecule has 0 atom stereocenters. The highest BCUT2D eigenvalue weighted by Gasteiger charge is 2.12. The lowest BCUT2D eigenvalue weighted by molar-refractivity contribution is 0.0368. The molecule has 0 unspecified atom stereocenters. The van der Waals surface area contributed by atoms with Crippen LogP contribution in [0.2, 0.25) is 0 Å². The Morgan fingerprint density at radius 3 is 3.00 bits per heavy atom. The first-order valence-corrected chi connectivity index (χ1v) is 4.02. The van der Waals surface area contributed by atoms with E-state index in [4.69, 9.17) is 4.74 Å². The van der Waals surface area contributed by atoms with E-state index in [1.54, 1.807) is 19.9 Å². The molecular weight excluding hydrogens is 168 g/mol. The van der Waals surface area contributed by atoms with Crippen molar-refractivity contribution in [3.8, 4) is 0 Å². The van der Waals surface area contributed by atoms with Crippen molar-refractivity contribution in [2.24, 2.45) is 0 Å². The number of hydrogen-bond acceptors (Lipinski definition) is 3. The molecule has 0 aliphatic rings. The Balaban J connectivity index is 2.82. The van der Waals surface area contributed by atoms with Gasteiger partial charge in [0.05, 0.1) is 12.3 Å². The molecule has 0 saturated carbocycles. The zero-order valence-corrected chi connectivity index (χ0v) is 7.73. The zero-order chi connectivity index (χ0) is 9.84. The quantitative estimate of drug-likeness (QED) is 0.663. The minimum atomic E-state index is -0.382. The van der Waals surface area contributed by atoms with Crippen molar-refractivity contribution >= 4 is 12.2 Å². The van der Waals surface area contributed by atoms with Gasteiger partial charge < -0.3 is 4.74 Å². The van der Waals surface area contributed by atoms with E-state index in [1.807, 2.05) is 0 Å². The molecule has 1 aromatic heterocycles. The molecule has 13 heavy (non-hydrogen) atoms. The second-order valence-corrected chi connectivity index (χ2v) is 2.80. The summed E-state index contributed by atoms with van der Waals surface area (Å²) in [6, 6.07) is 1.59. The van der Waals surface area contributed by atoms with Gasteiger partial charge in [0.25, 0.3) is 0 Å². The lowest BCUT2D eigenvalue weighted by Gasteiger charge is -2.07. The highest BCUT2D eigenvalue weighted by atomic mass is 16.5. The highest BCUT2D eigenvalue weighted by molar-refractivity contribution is 5.88. The van der Waals surface area contributed by atoms with Gasteiger partial charge in [-0.25, -0.2) is 9.48 Å². The van der Waals surface area contributed by atoms with Gasteiger partial charge in [-0.1, -0.05) is 6.58 Å². The van der Waals surface area contributed by atoms with E-state index in [-0.39, 0.29) is 12.1 Å². The van der Waals surface area contributed by atoms with Crippen LogP contribution in [-0.4, -0.2) is 21.9 Å². The normalized spacial score (nSPS) is 10.1. The molecule has 0 aromatic carbocycles. The molecule has 1 aromatic rings. The Hall–Kier alpha value is -1.58. The molecule has 0 aliphatic heterocycles. The van der Waals surface area contributed by atoms with Crippen LogP contribution in [0.3, 0.4) is 0 Å². The fraction of sp³-hybridized carbons (Fsp3) is 0.333. The summed E-state index contributed by atoms with van der Waals surface area (Å²) in [4.78, 5) is 11.4. The molecule has 0 bridgehead atoms. The van der Waals surface area contributed by atoms with Crippen LogP contribution in [0.1, 0.15) is 24.3 Å². The summed E-state index contributed by atoms with van der Waals surface area (Å²) in [6.45, 7) is 7.11. The van der Waals surface area contributed by atoms with Crippen LogP contribution in [0.5, 0.6) is 0 Å². The summed E-state index contributed by atoms with van der Waals surface area (Å²) in [5.74, 6) is -0.382. The molecule has 0 radical (unpaired) electrons. The van der Waals surface area contributed by atoms with Gasteiger partial charge in [-0.2, -0.15) is 5.10 Å². The van der Waals surface area contributed by atoms with Crippen LogP contribution in [0.4, 0.5) is 0 Å². The molecule has 0 amide bonds. The molecule has 70 valence electrons. The first-order chi connectivity index (χ1) is 6.15. The van der Waals surface area contributed by atoms with Crippen LogP contribution in [-0.2, 0) is 4.74 Å². The smallest absolute Gasteiger partial charge is 0.357 e. The second-order valence-electron chi connectivity index (χ2n) is 2.80. The average Bonchev–Trinajstić information content (AvgIpc) is 2.49. The van der Waals surface area contributed by atoms with Gasteiger partial charge in [0.2, 0.25) is 0 Å². The predicted molar refractivity (Wildman–Crippen MR) is 49.2 cm³/mol. The van der Waals surface area contributed by atoms with Gasteiger partial charge in [-0.05, 0) is 19.9 Å². The minimum absolute atomic E-state index is 0.124. The number of hydrogen-bond donors (Lipinski definition) is 0. The van der Waals surface area contributed by atoms with Crippen LogP contribution in [0.25, 0.3) is 6.20 Å². The summed E-state index contributed by atoms with van der Waals surface area (Å²) in [5.41, 5.74) is 0.392. The summed E-state index contributed by atoms with van der Waals surface area (Å²) >= 11 is 0. The van der Waals surface area contributed by atoms with E-state index in [9.17, 15) is 4.79 Å². The Kier molecular flexibility index (Phi) is 2.84.